The van der Waals surface area contributed by atoms with Crippen molar-refractivity contribution in [2.24, 2.45) is 0 Å². The van der Waals surface area contributed by atoms with Crippen LogP contribution < -0.4 is 10.2 Å². The van der Waals surface area contributed by atoms with Crippen molar-refractivity contribution >= 4 is 17.3 Å². The van der Waals surface area contributed by atoms with Gasteiger partial charge >= 0.3 is 0 Å². The number of anilines is 1. The van der Waals surface area contributed by atoms with Crippen LogP contribution in [0.2, 0.25) is 5.02 Å². The van der Waals surface area contributed by atoms with E-state index >= 15 is 0 Å². The molecule has 2 unspecified atom stereocenters. The summed E-state index contributed by atoms with van der Waals surface area (Å²) in [7, 11) is 0. The first kappa shape index (κ1) is 14.2. The van der Waals surface area contributed by atoms with Gasteiger partial charge in [-0.2, -0.15) is 0 Å². The van der Waals surface area contributed by atoms with Gasteiger partial charge in [0.1, 0.15) is 0 Å². The first-order valence-electron chi connectivity index (χ1n) is 7.99. The summed E-state index contributed by atoms with van der Waals surface area (Å²) in [6, 6.07) is 8.32. The van der Waals surface area contributed by atoms with E-state index in [0.29, 0.717) is 12.1 Å². The molecule has 3 rings (SSSR count). The van der Waals surface area contributed by atoms with Crippen LogP contribution in [-0.2, 0) is 6.54 Å². The summed E-state index contributed by atoms with van der Waals surface area (Å²) in [6.45, 7) is 5.56. The van der Waals surface area contributed by atoms with Crippen LogP contribution in [0.4, 0.5) is 5.69 Å². The smallest absolute Gasteiger partial charge is 0.0643 e. The Hall–Kier alpha value is -0.730. The van der Waals surface area contributed by atoms with Crippen LogP contribution in [0, 0.1) is 0 Å². The average molecular weight is 293 g/mol. The molecule has 0 radical (unpaired) electrons. The molecule has 2 aliphatic rings. The van der Waals surface area contributed by atoms with E-state index in [4.69, 9.17) is 11.6 Å². The fourth-order valence-electron chi connectivity index (χ4n) is 3.41. The molecule has 3 heteroatoms. The van der Waals surface area contributed by atoms with Crippen LogP contribution in [0.25, 0.3) is 0 Å². The lowest BCUT2D eigenvalue weighted by Gasteiger charge is -2.33. The van der Waals surface area contributed by atoms with Gasteiger partial charge in [-0.1, -0.05) is 30.7 Å². The van der Waals surface area contributed by atoms with Crippen molar-refractivity contribution in [1.82, 2.24) is 5.32 Å². The summed E-state index contributed by atoms with van der Waals surface area (Å²) < 4.78 is 0. The second-order valence-electron chi connectivity index (χ2n) is 6.30. The molecular formula is C17H25ClN2. The number of halogens is 1. The number of rotatable bonds is 5. The molecule has 0 bridgehead atoms. The quantitative estimate of drug-likeness (QED) is 0.867. The molecule has 2 atom stereocenters. The minimum Gasteiger partial charge on any atom is -0.364 e. The van der Waals surface area contributed by atoms with Gasteiger partial charge in [-0.05, 0) is 50.7 Å². The third kappa shape index (κ3) is 2.82. The summed E-state index contributed by atoms with van der Waals surface area (Å²) >= 11 is 6.56. The molecule has 1 aromatic carbocycles. The van der Waals surface area contributed by atoms with Crippen LogP contribution in [0.5, 0.6) is 0 Å². The number of hydrogen-bond donors (Lipinski definition) is 1. The van der Waals surface area contributed by atoms with Gasteiger partial charge in [0.05, 0.1) is 10.7 Å². The summed E-state index contributed by atoms with van der Waals surface area (Å²) in [5.41, 5.74) is 2.63. The fourth-order valence-corrected chi connectivity index (χ4v) is 3.70. The molecule has 0 aromatic heterocycles. The third-order valence-electron chi connectivity index (χ3n) is 4.74. The van der Waals surface area contributed by atoms with Crippen LogP contribution in [0.15, 0.2) is 18.2 Å². The number of nitrogens with one attached hydrogen (secondary N) is 1. The van der Waals surface area contributed by atoms with E-state index in [1.54, 1.807) is 0 Å². The Morgan fingerprint density at radius 1 is 1.25 bits per heavy atom. The molecule has 1 aliphatic carbocycles. The topological polar surface area (TPSA) is 15.3 Å². The van der Waals surface area contributed by atoms with Gasteiger partial charge < -0.3 is 10.2 Å². The average Bonchev–Trinajstić information content (AvgIpc) is 3.20. The minimum atomic E-state index is 0.597. The first-order chi connectivity index (χ1) is 9.70. The van der Waals surface area contributed by atoms with Crippen molar-refractivity contribution in [1.29, 1.82) is 0 Å². The number of hydrogen-bond acceptors (Lipinski definition) is 2. The molecule has 110 valence electrons. The highest BCUT2D eigenvalue weighted by Gasteiger charge is 2.32. The van der Waals surface area contributed by atoms with Gasteiger partial charge in [-0.25, -0.2) is 0 Å². The lowest BCUT2D eigenvalue weighted by molar-refractivity contribution is 0.619. The first-order valence-corrected chi connectivity index (χ1v) is 8.37. The Bertz CT molecular complexity index is 470. The Morgan fingerprint density at radius 2 is 2.05 bits per heavy atom. The lowest BCUT2D eigenvalue weighted by Crippen LogP contribution is -2.35. The molecule has 20 heavy (non-hydrogen) atoms. The highest BCUT2D eigenvalue weighted by atomic mass is 35.5. The van der Waals surface area contributed by atoms with E-state index in [1.165, 1.54) is 43.4 Å². The van der Waals surface area contributed by atoms with Crippen molar-refractivity contribution in [3.8, 4) is 0 Å². The lowest BCUT2D eigenvalue weighted by atomic mass is 10.1. The van der Waals surface area contributed by atoms with Gasteiger partial charge in [0.25, 0.3) is 0 Å². The predicted octanol–water partition coefficient (Wildman–Crippen LogP) is 4.36. The van der Waals surface area contributed by atoms with Gasteiger partial charge in [-0.15, -0.1) is 0 Å². The number of para-hydroxylation sites is 1. The van der Waals surface area contributed by atoms with Crippen molar-refractivity contribution in [3.63, 3.8) is 0 Å². The Balaban J connectivity index is 1.89. The molecule has 1 saturated carbocycles. The van der Waals surface area contributed by atoms with E-state index in [2.05, 4.69) is 36.2 Å². The van der Waals surface area contributed by atoms with E-state index in [1.807, 2.05) is 6.07 Å². The highest BCUT2D eigenvalue weighted by Crippen LogP contribution is 2.39. The number of benzene rings is 1. The predicted molar refractivity (Wildman–Crippen MR) is 86.6 cm³/mol. The van der Waals surface area contributed by atoms with Crippen LogP contribution in [-0.4, -0.2) is 18.1 Å². The van der Waals surface area contributed by atoms with E-state index in [0.717, 1.165) is 17.6 Å². The van der Waals surface area contributed by atoms with Crippen molar-refractivity contribution in [2.75, 3.05) is 4.90 Å². The monoisotopic (exact) mass is 292 g/mol. The maximum absolute atomic E-state index is 6.56. The minimum absolute atomic E-state index is 0.597. The zero-order valence-electron chi connectivity index (χ0n) is 12.5. The van der Waals surface area contributed by atoms with Crippen molar-refractivity contribution < 1.29 is 0 Å². The largest absolute Gasteiger partial charge is 0.364 e. The van der Waals surface area contributed by atoms with E-state index < -0.39 is 0 Å². The molecule has 1 aromatic rings. The van der Waals surface area contributed by atoms with E-state index in [-0.39, 0.29) is 0 Å². The molecule has 0 spiro atoms. The van der Waals surface area contributed by atoms with Crippen LogP contribution >= 0.6 is 11.6 Å². The van der Waals surface area contributed by atoms with E-state index in [9.17, 15) is 0 Å². The van der Waals surface area contributed by atoms with Gasteiger partial charge in [-0.3, -0.25) is 0 Å². The summed E-state index contributed by atoms with van der Waals surface area (Å²) in [4.78, 5) is 2.58. The molecule has 1 saturated heterocycles. The number of nitrogens with zero attached hydrogens (tertiary/aromatic N) is 1. The summed E-state index contributed by atoms with van der Waals surface area (Å²) in [5, 5.41) is 4.54. The zero-order chi connectivity index (χ0) is 14.1. The van der Waals surface area contributed by atoms with Crippen LogP contribution in [0.1, 0.15) is 51.5 Å². The molecule has 1 heterocycles. The molecule has 1 N–H and O–H groups in total. The van der Waals surface area contributed by atoms with Crippen molar-refractivity contribution in [3.05, 3.63) is 28.8 Å². The van der Waals surface area contributed by atoms with Crippen molar-refractivity contribution in [2.45, 2.75) is 70.6 Å². The maximum atomic E-state index is 6.56. The van der Waals surface area contributed by atoms with Gasteiger partial charge in [0.15, 0.2) is 0 Å². The SMILES string of the molecule is CCC1CCC(C)N1c1c(Cl)cccc1CNC1CC1. The zero-order valence-corrected chi connectivity index (χ0v) is 13.3. The maximum Gasteiger partial charge on any atom is 0.0643 e. The Kier molecular flexibility index (Phi) is 4.23. The summed E-state index contributed by atoms with van der Waals surface area (Å²) in [5.74, 6) is 0. The molecule has 2 fully saturated rings. The summed E-state index contributed by atoms with van der Waals surface area (Å²) in [6.07, 6.45) is 6.42. The third-order valence-corrected chi connectivity index (χ3v) is 5.05. The highest BCUT2D eigenvalue weighted by molar-refractivity contribution is 6.33. The molecule has 2 nitrogen and oxygen atoms in total. The molecular weight excluding hydrogens is 268 g/mol. The normalized spacial score (nSPS) is 26.2. The van der Waals surface area contributed by atoms with Gasteiger partial charge in [0.2, 0.25) is 0 Å². The standard InChI is InChI=1S/C17H25ClN2/c1-3-15-10-7-12(2)20(15)17-13(5-4-6-16(17)18)11-19-14-8-9-14/h4-6,12,14-15,19H,3,7-11H2,1-2H3. The molecule has 0 amide bonds. The van der Waals surface area contributed by atoms with Gasteiger partial charge in [0, 0.05) is 24.7 Å². The molecule has 1 aliphatic heterocycles. The second kappa shape index (κ2) is 5.95. The van der Waals surface area contributed by atoms with Crippen LogP contribution in [0.3, 0.4) is 0 Å². The Morgan fingerprint density at radius 3 is 2.75 bits per heavy atom. The fraction of sp³-hybridized carbons (Fsp3) is 0.647. The Labute approximate surface area is 127 Å². The second-order valence-corrected chi connectivity index (χ2v) is 6.71.